The third-order valence-electron chi connectivity index (χ3n) is 8.35. The SMILES string of the molecule is Cc1nc2ccccc2n1-c1nc(N2CCOCC2)c2nc(CC3CCN(C(C)(C)CO)CC3)n(C)c2n1. The lowest BCUT2D eigenvalue weighted by Crippen LogP contribution is -2.50. The van der Waals surface area contributed by atoms with Gasteiger partial charge >= 0.3 is 0 Å². The summed E-state index contributed by atoms with van der Waals surface area (Å²) in [6.07, 6.45) is 3.10. The van der Waals surface area contributed by atoms with Crippen LogP contribution in [-0.4, -0.2) is 90.6 Å². The first-order chi connectivity index (χ1) is 18.4. The van der Waals surface area contributed by atoms with Crippen LogP contribution in [0.15, 0.2) is 24.3 Å². The van der Waals surface area contributed by atoms with Gasteiger partial charge < -0.3 is 19.3 Å². The van der Waals surface area contributed by atoms with Crippen molar-refractivity contribution >= 4 is 28.0 Å². The summed E-state index contributed by atoms with van der Waals surface area (Å²) >= 11 is 0. The molecule has 2 fully saturated rings. The number of aryl methyl sites for hydroxylation is 2. The van der Waals surface area contributed by atoms with Gasteiger partial charge in [0.25, 0.3) is 0 Å². The normalized spacial score (nSPS) is 18.2. The average molecular weight is 519 g/mol. The lowest BCUT2D eigenvalue weighted by Gasteiger charge is -2.42. The molecule has 0 saturated carbocycles. The van der Waals surface area contributed by atoms with Gasteiger partial charge in [-0.15, -0.1) is 0 Å². The summed E-state index contributed by atoms with van der Waals surface area (Å²) in [6, 6.07) is 8.12. The molecule has 0 unspecified atom stereocenters. The number of aliphatic hydroxyl groups is 1. The Labute approximate surface area is 223 Å². The van der Waals surface area contributed by atoms with Gasteiger partial charge in [-0.25, -0.2) is 9.97 Å². The molecule has 3 aromatic heterocycles. The number of imidazole rings is 2. The molecule has 2 saturated heterocycles. The Hall–Kier alpha value is -3.08. The van der Waals surface area contributed by atoms with Gasteiger partial charge in [0.2, 0.25) is 5.95 Å². The number of hydrogen-bond donors (Lipinski definition) is 1. The number of anilines is 1. The predicted molar refractivity (Wildman–Crippen MR) is 148 cm³/mol. The summed E-state index contributed by atoms with van der Waals surface area (Å²) < 4.78 is 9.84. The minimum atomic E-state index is -0.169. The van der Waals surface area contributed by atoms with Crippen molar-refractivity contribution < 1.29 is 9.84 Å². The summed E-state index contributed by atoms with van der Waals surface area (Å²) in [5, 5.41) is 9.78. The molecule has 10 nitrogen and oxygen atoms in total. The molecule has 0 spiro atoms. The smallest absolute Gasteiger partial charge is 0.239 e. The number of likely N-dealkylation sites (tertiary alicyclic amines) is 1. The van der Waals surface area contributed by atoms with Crippen LogP contribution in [-0.2, 0) is 18.2 Å². The number of rotatable bonds is 6. The number of ether oxygens (including phenoxy) is 1. The Morgan fingerprint density at radius 1 is 1.00 bits per heavy atom. The van der Waals surface area contributed by atoms with E-state index >= 15 is 0 Å². The second-order valence-electron chi connectivity index (χ2n) is 11.3. The monoisotopic (exact) mass is 518 g/mol. The van der Waals surface area contributed by atoms with Gasteiger partial charge in [0.05, 0.1) is 30.9 Å². The predicted octanol–water partition coefficient (Wildman–Crippen LogP) is 2.87. The molecule has 2 aliphatic heterocycles. The highest BCUT2D eigenvalue weighted by atomic mass is 16.5. The van der Waals surface area contributed by atoms with Crippen LogP contribution in [0.4, 0.5) is 5.82 Å². The number of piperidine rings is 1. The molecule has 10 heteroatoms. The lowest BCUT2D eigenvalue weighted by atomic mass is 9.90. The van der Waals surface area contributed by atoms with Gasteiger partial charge in [0, 0.05) is 32.1 Å². The van der Waals surface area contributed by atoms with Crippen LogP contribution in [0.1, 0.15) is 38.3 Å². The highest BCUT2D eigenvalue weighted by Crippen LogP contribution is 2.31. The Balaban J connectivity index is 1.38. The van der Waals surface area contributed by atoms with Crippen molar-refractivity contribution in [1.29, 1.82) is 0 Å². The minimum absolute atomic E-state index is 0.169. The zero-order chi connectivity index (χ0) is 26.4. The molecule has 0 bridgehead atoms. The zero-order valence-electron chi connectivity index (χ0n) is 22.9. The van der Waals surface area contributed by atoms with Gasteiger partial charge in [-0.3, -0.25) is 9.47 Å². The van der Waals surface area contributed by atoms with E-state index in [9.17, 15) is 5.11 Å². The van der Waals surface area contributed by atoms with E-state index in [0.29, 0.717) is 25.1 Å². The van der Waals surface area contributed by atoms with Crippen molar-refractivity contribution in [2.24, 2.45) is 13.0 Å². The Morgan fingerprint density at radius 3 is 2.47 bits per heavy atom. The Morgan fingerprint density at radius 2 is 1.74 bits per heavy atom. The molecule has 6 rings (SSSR count). The summed E-state index contributed by atoms with van der Waals surface area (Å²) in [6.45, 7) is 11.3. The van der Waals surface area contributed by atoms with E-state index in [1.165, 1.54) is 0 Å². The molecule has 1 aromatic carbocycles. The highest BCUT2D eigenvalue weighted by Gasteiger charge is 2.31. The van der Waals surface area contributed by atoms with Gasteiger partial charge in [-0.05, 0) is 64.8 Å². The minimum Gasteiger partial charge on any atom is -0.394 e. The number of benzene rings is 1. The largest absolute Gasteiger partial charge is 0.394 e. The Kier molecular flexibility index (Phi) is 6.57. The fraction of sp³-hybridized carbons (Fsp3) is 0.571. The van der Waals surface area contributed by atoms with Crippen LogP contribution in [0, 0.1) is 12.8 Å². The molecule has 1 N–H and O–H groups in total. The van der Waals surface area contributed by atoms with Gasteiger partial charge in [-0.1, -0.05) is 12.1 Å². The topological polar surface area (TPSA) is 97.4 Å². The number of morpholine rings is 1. The van der Waals surface area contributed by atoms with E-state index in [1.807, 2.05) is 29.7 Å². The quantitative estimate of drug-likeness (QED) is 0.416. The summed E-state index contributed by atoms with van der Waals surface area (Å²) in [5.74, 6) is 3.95. The summed E-state index contributed by atoms with van der Waals surface area (Å²) in [4.78, 5) is 24.8. The number of aliphatic hydroxyl groups excluding tert-OH is 1. The lowest BCUT2D eigenvalue weighted by molar-refractivity contribution is 0.0296. The number of para-hydroxylation sites is 2. The van der Waals surface area contributed by atoms with Gasteiger partial charge in [0.15, 0.2) is 17.0 Å². The van der Waals surface area contributed by atoms with Crippen molar-refractivity contribution in [3.8, 4) is 5.95 Å². The van der Waals surface area contributed by atoms with Crippen molar-refractivity contribution in [1.82, 2.24) is 34.0 Å². The molecule has 2 aliphatic rings. The molecular weight excluding hydrogens is 480 g/mol. The van der Waals surface area contributed by atoms with Crippen molar-refractivity contribution in [2.75, 3.05) is 50.9 Å². The first-order valence-electron chi connectivity index (χ1n) is 13.7. The molecule has 0 amide bonds. The number of hydrogen-bond acceptors (Lipinski definition) is 8. The molecule has 0 atom stereocenters. The van der Waals surface area contributed by atoms with E-state index in [-0.39, 0.29) is 12.1 Å². The first-order valence-corrected chi connectivity index (χ1v) is 13.7. The maximum Gasteiger partial charge on any atom is 0.239 e. The second kappa shape index (κ2) is 9.91. The van der Waals surface area contributed by atoms with Crippen LogP contribution in [0.5, 0.6) is 0 Å². The molecule has 5 heterocycles. The third-order valence-corrected chi connectivity index (χ3v) is 8.35. The van der Waals surface area contributed by atoms with Gasteiger partial charge in [0.1, 0.15) is 11.6 Å². The summed E-state index contributed by atoms with van der Waals surface area (Å²) in [7, 11) is 2.08. The molecule has 0 radical (unpaired) electrons. The number of fused-ring (bicyclic) bond motifs is 2. The van der Waals surface area contributed by atoms with Crippen molar-refractivity contribution in [2.45, 2.75) is 45.6 Å². The van der Waals surface area contributed by atoms with Crippen LogP contribution in [0.2, 0.25) is 0 Å². The van der Waals surface area contributed by atoms with E-state index < -0.39 is 0 Å². The first kappa shape index (κ1) is 25.2. The van der Waals surface area contributed by atoms with E-state index in [4.69, 9.17) is 24.7 Å². The Bertz CT molecular complexity index is 1440. The van der Waals surface area contributed by atoms with Crippen LogP contribution < -0.4 is 4.90 Å². The molecule has 38 heavy (non-hydrogen) atoms. The van der Waals surface area contributed by atoms with Gasteiger partial charge in [-0.2, -0.15) is 9.97 Å². The highest BCUT2D eigenvalue weighted by molar-refractivity contribution is 5.86. The summed E-state index contributed by atoms with van der Waals surface area (Å²) in [5.41, 5.74) is 3.47. The second-order valence-corrected chi connectivity index (χ2v) is 11.3. The van der Waals surface area contributed by atoms with Crippen LogP contribution in [0.3, 0.4) is 0 Å². The van der Waals surface area contributed by atoms with Crippen LogP contribution >= 0.6 is 0 Å². The third kappa shape index (κ3) is 4.44. The fourth-order valence-corrected chi connectivity index (χ4v) is 5.86. The fourth-order valence-electron chi connectivity index (χ4n) is 5.86. The van der Waals surface area contributed by atoms with Crippen molar-refractivity contribution in [3.05, 3.63) is 35.9 Å². The standard InChI is InChI=1S/C28H38N8O2/c1-19-29-21-7-5-6-8-22(21)36(19)27-31-25-24(26(32-27)34-13-15-38-16-14-34)30-23(33(25)4)17-20-9-11-35(12-10-20)28(2,3)18-37/h5-8,20,37H,9-18H2,1-4H3. The molecule has 202 valence electrons. The molecule has 4 aromatic rings. The van der Waals surface area contributed by atoms with E-state index in [1.54, 1.807) is 0 Å². The molecular formula is C28H38N8O2. The number of aromatic nitrogens is 6. The van der Waals surface area contributed by atoms with E-state index in [2.05, 4.69) is 41.3 Å². The van der Waals surface area contributed by atoms with Crippen LogP contribution in [0.25, 0.3) is 28.1 Å². The zero-order valence-corrected chi connectivity index (χ0v) is 22.9. The number of nitrogens with zero attached hydrogens (tertiary/aromatic N) is 8. The average Bonchev–Trinajstić information content (AvgIpc) is 3.44. The molecule has 0 aliphatic carbocycles. The maximum atomic E-state index is 9.78. The van der Waals surface area contributed by atoms with E-state index in [0.717, 1.165) is 85.1 Å². The maximum absolute atomic E-state index is 9.78. The van der Waals surface area contributed by atoms with Crippen molar-refractivity contribution in [3.63, 3.8) is 0 Å².